The van der Waals surface area contributed by atoms with Crippen LogP contribution in [-0.2, 0) is 4.79 Å². The minimum Gasteiger partial charge on any atom is -0.348 e. The molecule has 10 nitrogen and oxygen atoms in total. The highest BCUT2D eigenvalue weighted by molar-refractivity contribution is 7.99. The van der Waals surface area contributed by atoms with Gasteiger partial charge in [-0.15, -0.1) is 11.8 Å². The number of carbonyl (C=O) groups excluding carboxylic acids is 1. The Bertz CT molecular complexity index is 2100. The number of amides is 1. The van der Waals surface area contributed by atoms with Gasteiger partial charge in [0.25, 0.3) is 0 Å². The largest absolute Gasteiger partial charge is 0.355 e. The average Bonchev–Trinajstić information content (AvgIpc) is 3.43. The van der Waals surface area contributed by atoms with E-state index in [1.807, 2.05) is 43.9 Å². The highest BCUT2D eigenvalue weighted by Gasteiger charge is 2.39. The lowest BCUT2D eigenvalue weighted by Crippen LogP contribution is -2.60. The summed E-state index contributed by atoms with van der Waals surface area (Å²) in [7, 11) is 0. The van der Waals surface area contributed by atoms with Gasteiger partial charge in [0.15, 0.2) is 5.65 Å². The zero-order valence-corrected chi connectivity index (χ0v) is 27.3. The summed E-state index contributed by atoms with van der Waals surface area (Å²) in [6, 6.07) is 5.69. The number of halogens is 1. The number of benzene rings is 1. The third-order valence-corrected chi connectivity index (χ3v) is 10.6. The Kier molecular flexibility index (Phi) is 7.20. The maximum atomic E-state index is 14.4. The number of pyridine rings is 2. The molecular weight excluding hydrogens is 608 g/mol. The number of fused-ring (bicyclic) bond motifs is 3. The van der Waals surface area contributed by atoms with Crippen molar-refractivity contribution in [3.8, 4) is 16.9 Å². The molecule has 1 aromatic carbocycles. The van der Waals surface area contributed by atoms with Gasteiger partial charge in [-0.2, -0.15) is 10.1 Å². The Morgan fingerprint density at radius 3 is 2.73 bits per heavy atom. The second kappa shape index (κ2) is 11.0. The summed E-state index contributed by atoms with van der Waals surface area (Å²) in [5.41, 5.74) is 5.67. The number of rotatable bonds is 4. The van der Waals surface area contributed by atoms with E-state index in [0.717, 1.165) is 43.6 Å². The van der Waals surface area contributed by atoms with Crippen LogP contribution in [0.4, 0.5) is 5.82 Å². The number of aromatic amines is 1. The van der Waals surface area contributed by atoms with Gasteiger partial charge in [-0.3, -0.25) is 14.9 Å². The molecule has 2 aliphatic heterocycles. The second-order valence-corrected chi connectivity index (χ2v) is 13.5. The summed E-state index contributed by atoms with van der Waals surface area (Å²) < 4.78 is 1.62. The highest BCUT2D eigenvalue weighted by atomic mass is 35.5. The van der Waals surface area contributed by atoms with Crippen molar-refractivity contribution in [1.82, 2.24) is 34.6 Å². The summed E-state index contributed by atoms with van der Waals surface area (Å²) in [4.78, 5) is 46.7. The quantitative estimate of drug-likeness (QED) is 0.245. The van der Waals surface area contributed by atoms with Crippen LogP contribution in [0.5, 0.6) is 0 Å². The average molecular weight is 641 g/mol. The molecule has 12 heteroatoms. The molecule has 0 spiro atoms. The maximum Gasteiger partial charge on any atom is 0.355 e. The molecule has 0 aliphatic carbocycles. The van der Waals surface area contributed by atoms with Crippen molar-refractivity contribution < 1.29 is 4.79 Å². The second-order valence-electron chi connectivity index (χ2n) is 12.1. The molecule has 4 aromatic heterocycles. The van der Waals surface area contributed by atoms with Crippen LogP contribution in [0.15, 0.2) is 52.9 Å². The number of H-pyrrole nitrogens is 1. The normalized spacial score (nSPS) is 18.0. The first-order valence-corrected chi connectivity index (χ1v) is 16.3. The van der Waals surface area contributed by atoms with E-state index in [0.29, 0.717) is 46.7 Å². The molecule has 45 heavy (non-hydrogen) atoms. The number of aryl methyl sites for hydroxylation is 2. The van der Waals surface area contributed by atoms with Crippen molar-refractivity contribution in [2.75, 3.05) is 23.7 Å². The molecule has 2 unspecified atom stereocenters. The Labute approximate surface area is 269 Å². The lowest BCUT2D eigenvalue weighted by atomic mass is 10.00. The van der Waals surface area contributed by atoms with Gasteiger partial charge in [-0.05, 0) is 56.0 Å². The van der Waals surface area contributed by atoms with Crippen molar-refractivity contribution in [2.45, 2.75) is 57.5 Å². The molecule has 1 N–H and O–H groups in total. The van der Waals surface area contributed by atoms with E-state index in [1.54, 1.807) is 28.7 Å². The Morgan fingerprint density at radius 1 is 1.18 bits per heavy atom. The van der Waals surface area contributed by atoms with Crippen molar-refractivity contribution >= 4 is 57.0 Å². The number of aromatic nitrogens is 6. The molecule has 1 fully saturated rings. The minimum absolute atomic E-state index is 0.0421. The lowest BCUT2D eigenvalue weighted by molar-refractivity contribution is -0.128. The first-order valence-electron chi connectivity index (χ1n) is 15.0. The van der Waals surface area contributed by atoms with E-state index in [1.165, 1.54) is 6.08 Å². The fourth-order valence-electron chi connectivity index (χ4n) is 6.66. The lowest BCUT2D eigenvalue weighted by Gasteiger charge is -2.45. The van der Waals surface area contributed by atoms with Gasteiger partial charge in [0, 0.05) is 46.9 Å². The molecule has 0 radical (unpaired) electrons. The molecule has 7 rings (SSSR count). The molecule has 5 aromatic rings. The number of thioether (sulfide) groups is 1. The van der Waals surface area contributed by atoms with Gasteiger partial charge in [0.1, 0.15) is 5.82 Å². The monoisotopic (exact) mass is 640 g/mol. The number of hydrogen-bond donors (Lipinski definition) is 1. The maximum absolute atomic E-state index is 14.4. The molecule has 2 atom stereocenters. The van der Waals surface area contributed by atoms with Gasteiger partial charge >= 0.3 is 5.69 Å². The van der Waals surface area contributed by atoms with Gasteiger partial charge in [0.2, 0.25) is 5.91 Å². The molecule has 1 saturated heterocycles. The number of carbonyl (C=O) groups is 1. The first-order chi connectivity index (χ1) is 21.6. The Hall–Kier alpha value is -4.22. The van der Waals surface area contributed by atoms with E-state index >= 15 is 0 Å². The van der Waals surface area contributed by atoms with Crippen LogP contribution in [0.1, 0.15) is 43.5 Å². The molecule has 0 bridgehead atoms. The molecule has 1 amide bonds. The Balaban J connectivity index is 1.59. The molecule has 2 aliphatic rings. The topological polar surface area (TPSA) is 113 Å². The number of piperazine rings is 1. The first kappa shape index (κ1) is 29.5. The molecule has 6 heterocycles. The number of nitrogens with zero attached hydrogens (tertiary/aromatic N) is 7. The van der Waals surface area contributed by atoms with Crippen molar-refractivity contribution in [3.05, 3.63) is 75.6 Å². The van der Waals surface area contributed by atoms with Crippen LogP contribution in [0.2, 0.25) is 5.02 Å². The van der Waals surface area contributed by atoms with Crippen LogP contribution in [0.3, 0.4) is 0 Å². The molecule has 0 saturated carbocycles. The molecule has 230 valence electrons. The SMILES string of the molecule is C=CC(=O)N1CC2CSc3c(Cl)c(-c4c(C)ccc5[nH]ncc45)nc4c3c(nc(=O)n4-c3c(C)ccnc3C(C)C)N2CC1C. The van der Waals surface area contributed by atoms with Crippen molar-refractivity contribution in [1.29, 1.82) is 0 Å². The van der Waals surface area contributed by atoms with Crippen LogP contribution < -0.4 is 10.6 Å². The fraction of sp³-hybridized carbons (Fsp3) is 0.333. The third-order valence-electron chi connectivity index (χ3n) is 8.89. The van der Waals surface area contributed by atoms with Crippen molar-refractivity contribution in [2.24, 2.45) is 0 Å². The van der Waals surface area contributed by atoms with Gasteiger partial charge in [-0.1, -0.05) is 38.1 Å². The fourth-order valence-corrected chi connectivity index (χ4v) is 8.25. The van der Waals surface area contributed by atoms with Crippen LogP contribution in [-0.4, -0.2) is 71.4 Å². The number of anilines is 1. The minimum atomic E-state index is -0.441. The summed E-state index contributed by atoms with van der Waals surface area (Å²) in [5.74, 6) is 1.11. The van der Waals surface area contributed by atoms with Crippen LogP contribution in [0.25, 0.3) is 38.9 Å². The van der Waals surface area contributed by atoms with Crippen LogP contribution in [0, 0.1) is 13.8 Å². The molecular formula is C33H33ClN8O2S. The Morgan fingerprint density at radius 2 is 1.98 bits per heavy atom. The number of hydrogen-bond acceptors (Lipinski definition) is 8. The van der Waals surface area contributed by atoms with Gasteiger partial charge in [0.05, 0.1) is 45.2 Å². The predicted molar refractivity (Wildman–Crippen MR) is 180 cm³/mol. The van der Waals surface area contributed by atoms with E-state index in [2.05, 4.69) is 35.5 Å². The summed E-state index contributed by atoms with van der Waals surface area (Å²) in [5, 5.41) is 9.46. The smallest absolute Gasteiger partial charge is 0.348 e. The van der Waals surface area contributed by atoms with E-state index in [9.17, 15) is 9.59 Å². The van der Waals surface area contributed by atoms with Crippen molar-refractivity contribution in [3.63, 3.8) is 0 Å². The summed E-state index contributed by atoms with van der Waals surface area (Å²) >= 11 is 8.99. The standard InChI is InChI=1S/C33H33ClN8O2S/c1-7-23(43)40-14-20-15-45-30-25-31(41(20)13-19(40)6)38-33(44)42(29-18(5)10-11-35-27(29)16(2)3)32(25)37-28(26(30)34)24-17(4)8-9-22-21(24)12-36-39-22/h7-12,16,19-20H,1,13-15H2,2-6H3,(H,36,39). The highest BCUT2D eigenvalue weighted by Crippen LogP contribution is 2.47. The van der Waals surface area contributed by atoms with Crippen LogP contribution >= 0.6 is 23.4 Å². The van der Waals surface area contributed by atoms with E-state index in [4.69, 9.17) is 26.6 Å². The van der Waals surface area contributed by atoms with Gasteiger partial charge in [-0.25, -0.2) is 14.3 Å². The predicted octanol–water partition coefficient (Wildman–Crippen LogP) is 5.81. The van der Waals surface area contributed by atoms with E-state index < -0.39 is 5.69 Å². The zero-order valence-electron chi connectivity index (χ0n) is 25.8. The summed E-state index contributed by atoms with van der Waals surface area (Å²) in [6.07, 6.45) is 4.91. The van der Waals surface area contributed by atoms with Gasteiger partial charge < -0.3 is 9.80 Å². The van der Waals surface area contributed by atoms with E-state index in [-0.39, 0.29) is 23.9 Å². The zero-order chi connectivity index (χ0) is 31.7. The summed E-state index contributed by atoms with van der Waals surface area (Å²) in [6.45, 7) is 14.8. The third kappa shape index (κ3) is 4.54. The number of nitrogens with one attached hydrogen (secondary N) is 1.